The lowest BCUT2D eigenvalue weighted by molar-refractivity contribution is -0.138. The maximum atomic E-state index is 11.0. The minimum absolute atomic E-state index is 0.0712. The fourth-order valence-electron chi connectivity index (χ4n) is 1.77. The number of imidazole rings is 1. The standard InChI is InChI=1S/C12H12N2O5/c1-6(11(15)16)7-3-4-8-13-9(12(17)18)10(19-2)14(8)5-7/h3-6H,1-2H3,(H,15,16)(H,17,18). The third-order valence-corrected chi connectivity index (χ3v) is 2.86. The van der Waals surface area contributed by atoms with Crippen LogP contribution in [0.5, 0.6) is 5.88 Å². The highest BCUT2D eigenvalue weighted by atomic mass is 16.5. The summed E-state index contributed by atoms with van der Waals surface area (Å²) in [4.78, 5) is 25.9. The second-order valence-electron chi connectivity index (χ2n) is 4.03. The molecule has 0 aliphatic rings. The number of methoxy groups -OCH3 is 1. The summed E-state index contributed by atoms with van der Waals surface area (Å²) in [5, 5.41) is 18.0. The molecule has 0 aliphatic carbocycles. The van der Waals surface area contributed by atoms with Crippen LogP contribution in [0.4, 0.5) is 0 Å². The topological polar surface area (TPSA) is 101 Å². The summed E-state index contributed by atoms with van der Waals surface area (Å²) in [7, 11) is 1.34. The molecule has 0 aliphatic heterocycles. The van der Waals surface area contributed by atoms with Gasteiger partial charge in [0.15, 0.2) is 0 Å². The molecular formula is C12H12N2O5. The lowest BCUT2D eigenvalue weighted by Crippen LogP contribution is -2.08. The van der Waals surface area contributed by atoms with Gasteiger partial charge in [0.2, 0.25) is 11.6 Å². The Hall–Kier alpha value is -2.57. The van der Waals surface area contributed by atoms with Gasteiger partial charge in [-0.25, -0.2) is 9.78 Å². The molecule has 2 aromatic heterocycles. The molecule has 0 saturated heterocycles. The van der Waals surface area contributed by atoms with Gasteiger partial charge in [0.1, 0.15) is 5.65 Å². The molecule has 2 heterocycles. The lowest BCUT2D eigenvalue weighted by atomic mass is 10.0. The third kappa shape index (κ3) is 2.10. The van der Waals surface area contributed by atoms with Gasteiger partial charge in [-0.05, 0) is 18.6 Å². The van der Waals surface area contributed by atoms with Crippen molar-refractivity contribution < 1.29 is 24.5 Å². The second kappa shape index (κ2) is 4.60. The molecule has 2 aromatic rings. The highest BCUT2D eigenvalue weighted by Gasteiger charge is 2.21. The zero-order valence-corrected chi connectivity index (χ0v) is 10.3. The van der Waals surface area contributed by atoms with Crippen LogP contribution in [-0.2, 0) is 4.79 Å². The lowest BCUT2D eigenvalue weighted by Gasteiger charge is -2.08. The van der Waals surface area contributed by atoms with Gasteiger partial charge in [-0.15, -0.1) is 0 Å². The Morgan fingerprint density at radius 2 is 2.05 bits per heavy atom. The zero-order valence-electron chi connectivity index (χ0n) is 10.3. The van der Waals surface area contributed by atoms with Crippen molar-refractivity contribution >= 4 is 17.6 Å². The number of hydrogen-bond donors (Lipinski definition) is 2. The van der Waals surface area contributed by atoms with Crippen LogP contribution >= 0.6 is 0 Å². The maximum Gasteiger partial charge on any atom is 0.360 e. The number of fused-ring (bicyclic) bond motifs is 1. The maximum absolute atomic E-state index is 11.0. The van der Waals surface area contributed by atoms with Gasteiger partial charge < -0.3 is 14.9 Å². The summed E-state index contributed by atoms with van der Waals surface area (Å²) in [6.45, 7) is 1.55. The largest absolute Gasteiger partial charge is 0.481 e. The number of pyridine rings is 1. The van der Waals surface area contributed by atoms with Crippen LogP contribution < -0.4 is 4.74 Å². The molecule has 1 unspecified atom stereocenters. The molecule has 7 heteroatoms. The predicted molar refractivity (Wildman–Crippen MR) is 64.8 cm³/mol. The summed E-state index contributed by atoms with van der Waals surface area (Å²) in [6.07, 6.45) is 1.52. The number of aromatic nitrogens is 2. The van der Waals surface area contributed by atoms with Crippen LogP contribution in [0.2, 0.25) is 0 Å². The number of carboxylic acid groups (broad SMARTS) is 2. The molecule has 1 atom stereocenters. The fraction of sp³-hybridized carbons (Fsp3) is 0.250. The van der Waals surface area contributed by atoms with Gasteiger partial charge in [0, 0.05) is 6.20 Å². The Morgan fingerprint density at radius 1 is 1.37 bits per heavy atom. The van der Waals surface area contributed by atoms with Crippen LogP contribution in [0.1, 0.15) is 28.9 Å². The molecule has 7 nitrogen and oxygen atoms in total. The van der Waals surface area contributed by atoms with Crippen LogP contribution in [0.25, 0.3) is 5.65 Å². The first-order valence-corrected chi connectivity index (χ1v) is 5.47. The Bertz CT molecular complexity index is 661. The molecule has 0 amide bonds. The van der Waals surface area contributed by atoms with E-state index in [0.717, 1.165) is 0 Å². The van der Waals surface area contributed by atoms with Gasteiger partial charge in [-0.3, -0.25) is 9.20 Å². The van der Waals surface area contributed by atoms with Gasteiger partial charge >= 0.3 is 11.9 Å². The highest BCUT2D eigenvalue weighted by Crippen LogP contribution is 2.24. The number of aromatic carboxylic acids is 1. The summed E-state index contributed by atoms with van der Waals surface area (Å²) >= 11 is 0. The van der Waals surface area contributed by atoms with E-state index in [0.29, 0.717) is 11.2 Å². The summed E-state index contributed by atoms with van der Waals surface area (Å²) in [5.74, 6) is -2.79. The number of rotatable bonds is 4. The van der Waals surface area contributed by atoms with Crippen LogP contribution in [0.15, 0.2) is 18.3 Å². The molecule has 0 radical (unpaired) electrons. The number of carboxylic acids is 2. The molecule has 0 spiro atoms. The Kier molecular flexibility index (Phi) is 3.12. The van der Waals surface area contributed by atoms with E-state index in [2.05, 4.69) is 4.98 Å². The van der Waals surface area contributed by atoms with E-state index in [4.69, 9.17) is 14.9 Å². The minimum Gasteiger partial charge on any atom is -0.481 e. The molecule has 2 N–H and O–H groups in total. The normalized spacial score (nSPS) is 12.3. The number of hydrogen-bond acceptors (Lipinski definition) is 4. The van der Waals surface area contributed by atoms with E-state index in [-0.39, 0.29) is 11.6 Å². The monoisotopic (exact) mass is 264 g/mol. The summed E-state index contributed by atoms with van der Waals surface area (Å²) in [6, 6.07) is 3.16. The number of aliphatic carboxylic acids is 1. The van der Waals surface area contributed by atoms with E-state index in [1.54, 1.807) is 19.1 Å². The first-order chi connectivity index (χ1) is 8.95. The van der Waals surface area contributed by atoms with E-state index in [9.17, 15) is 9.59 Å². The minimum atomic E-state index is -1.20. The average Bonchev–Trinajstić information content (AvgIpc) is 2.75. The zero-order chi connectivity index (χ0) is 14.2. The third-order valence-electron chi connectivity index (χ3n) is 2.86. The van der Waals surface area contributed by atoms with Crippen LogP contribution in [0, 0.1) is 0 Å². The average molecular weight is 264 g/mol. The van der Waals surface area contributed by atoms with E-state index in [1.165, 1.54) is 17.7 Å². The smallest absolute Gasteiger partial charge is 0.360 e. The first-order valence-electron chi connectivity index (χ1n) is 5.47. The number of nitrogens with zero attached hydrogens (tertiary/aromatic N) is 2. The predicted octanol–water partition coefficient (Wildman–Crippen LogP) is 1.23. The number of ether oxygens (including phenoxy) is 1. The molecular weight excluding hydrogens is 252 g/mol. The van der Waals surface area contributed by atoms with Crippen molar-refractivity contribution in [3.63, 3.8) is 0 Å². The van der Waals surface area contributed by atoms with E-state index in [1.807, 2.05) is 0 Å². The van der Waals surface area contributed by atoms with Crippen LogP contribution in [0.3, 0.4) is 0 Å². The Labute approximate surface area is 108 Å². The fourth-order valence-corrected chi connectivity index (χ4v) is 1.77. The van der Waals surface area contributed by atoms with Gasteiger partial charge in [-0.1, -0.05) is 6.07 Å². The molecule has 19 heavy (non-hydrogen) atoms. The van der Waals surface area contributed by atoms with Crippen molar-refractivity contribution in [1.29, 1.82) is 0 Å². The molecule has 0 saturated carbocycles. The van der Waals surface area contributed by atoms with Crippen LogP contribution in [-0.4, -0.2) is 38.6 Å². The van der Waals surface area contributed by atoms with Crippen molar-refractivity contribution in [2.75, 3.05) is 7.11 Å². The van der Waals surface area contributed by atoms with Gasteiger partial charge in [0.25, 0.3) is 0 Å². The molecule has 0 bridgehead atoms. The van der Waals surface area contributed by atoms with Crippen molar-refractivity contribution in [2.24, 2.45) is 0 Å². The van der Waals surface area contributed by atoms with Crippen molar-refractivity contribution in [1.82, 2.24) is 9.38 Å². The number of carbonyl (C=O) groups is 2. The molecule has 100 valence electrons. The van der Waals surface area contributed by atoms with Crippen molar-refractivity contribution in [3.05, 3.63) is 29.6 Å². The first kappa shape index (κ1) is 12.9. The van der Waals surface area contributed by atoms with E-state index >= 15 is 0 Å². The second-order valence-corrected chi connectivity index (χ2v) is 4.03. The molecule has 2 rings (SSSR count). The Morgan fingerprint density at radius 3 is 2.58 bits per heavy atom. The highest BCUT2D eigenvalue weighted by molar-refractivity contribution is 5.89. The van der Waals surface area contributed by atoms with Crippen molar-refractivity contribution in [2.45, 2.75) is 12.8 Å². The molecule has 0 fully saturated rings. The van der Waals surface area contributed by atoms with Crippen molar-refractivity contribution in [3.8, 4) is 5.88 Å². The summed E-state index contributed by atoms with van der Waals surface area (Å²) < 4.78 is 6.46. The Balaban J connectivity index is 2.65. The van der Waals surface area contributed by atoms with Gasteiger partial charge in [0.05, 0.1) is 13.0 Å². The quantitative estimate of drug-likeness (QED) is 0.861. The SMILES string of the molecule is COc1c(C(=O)O)nc2ccc(C(C)C(=O)O)cn12. The van der Waals surface area contributed by atoms with Gasteiger partial charge in [-0.2, -0.15) is 0 Å². The van der Waals surface area contributed by atoms with E-state index < -0.39 is 17.9 Å². The summed E-state index contributed by atoms with van der Waals surface area (Å²) in [5.41, 5.74) is 0.714. The molecule has 0 aromatic carbocycles.